The third-order valence-corrected chi connectivity index (χ3v) is 7.04. The molecule has 3 aromatic rings. The number of carbonyl (C=O) groups excluding carboxylic acids is 1. The number of nitrogens with one attached hydrogen (secondary N) is 1. The van der Waals surface area contributed by atoms with Gasteiger partial charge in [0.15, 0.2) is 5.75 Å². The smallest absolute Gasteiger partial charge is 0.265 e. The topological polar surface area (TPSA) is 86.7 Å². The molecule has 1 aliphatic rings. The number of hydrogen-bond donors (Lipinski definition) is 2. The maximum Gasteiger partial charge on any atom is 0.265 e. The Morgan fingerprint density at radius 2 is 1.79 bits per heavy atom. The van der Waals surface area contributed by atoms with E-state index in [0.717, 1.165) is 18.2 Å². The number of sulfonamides is 1. The van der Waals surface area contributed by atoms with Crippen LogP contribution < -0.4 is 4.72 Å². The first-order valence-corrected chi connectivity index (χ1v) is 12.0. The third kappa shape index (κ3) is 4.69. The second-order valence-corrected chi connectivity index (χ2v) is 9.78. The fraction of sp³-hybridized carbons (Fsp3) is 0.174. The van der Waals surface area contributed by atoms with E-state index in [4.69, 9.17) is 11.6 Å². The summed E-state index contributed by atoms with van der Waals surface area (Å²) >= 11 is 5.95. The molecule has 1 saturated heterocycles. The quantitative estimate of drug-likeness (QED) is 0.507. The summed E-state index contributed by atoms with van der Waals surface area (Å²) < 4.78 is 70.4. The Kier molecular flexibility index (Phi) is 6.46. The molecule has 0 unspecified atom stereocenters. The van der Waals surface area contributed by atoms with Gasteiger partial charge in [-0.25, -0.2) is 21.6 Å². The van der Waals surface area contributed by atoms with Crippen molar-refractivity contribution in [2.45, 2.75) is 17.5 Å². The summed E-state index contributed by atoms with van der Waals surface area (Å²) in [7, 11) is -4.68. The highest BCUT2D eigenvalue weighted by Gasteiger charge is 2.30. The van der Waals surface area contributed by atoms with Crippen molar-refractivity contribution in [2.75, 3.05) is 17.8 Å². The van der Waals surface area contributed by atoms with Crippen molar-refractivity contribution in [1.82, 2.24) is 4.90 Å². The number of nitrogens with zero attached hydrogens (tertiary/aromatic N) is 1. The van der Waals surface area contributed by atoms with Gasteiger partial charge in [-0.2, -0.15) is 0 Å². The summed E-state index contributed by atoms with van der Waals surface area (Å²) in [4.78, 5) is 13.1. The average Bonchev–Trinajstić information content (AvgIpc) is 3.23. The number of phenols is 1. The van der Waals surface area contributed by atoms with Crippen LogP contribution in [0.25, 0.3) is 11.1 Å². The van der Waals surface area contributed by atoms with E-state index in [1.807, 2.05) is 4.72 Å². The summed E-state index contributed by atoms with van der Waals surface area (Å²) in [5.74, 6) is -3.62. The van der Waals surface area contributed by atoms with Gasteiger partial charge >= 0.3 is 0 Å². The van der Waals surface area contributed by atoms with E-state index in [9.17, 15) is 31.5 Å². The lowest BCUT2D eigenvalue weighted by molar-refractivity contribution is 0.0782. The number of likely N-dealkylation sites (tertiary alicyclic amines) is 1. The lowest BCUT2D eigenvalue weighted by Crippen LogP contribution is -2.29. The Balaban J connectivity index is 1.72. The van der Waals surface area contributed by atoms with Crippen LogP contribution in [0.4, 0.5) is 18.9 Å². The van der Waals surface area contributed by atoms with E-state index in [1.54, 1.807) is 30.3 Å². The van der Waals surface area contributed by atoms with Gasteiger partial charge in [0.2, 0.25) is 0 Å². The van der Waals surface area contributed by atoms with Crippen molar-refractivity contribution in [3.63, 3.8) is 0 Å². The molecule has 0 saturated carbocycles. The molecule has 4 rings (SSSR count). The van der Waals surface area contributed by atoms with Gasteiger partial charge in [0.05, 0.1) is 17.3 Å². The van der Waals surface area contributed by atoms with Gasteiger partial charge in [-0.15, -0.1) is 0 Å². The molecule has 6 nitrogen and oxygen atoms in total. The van der Waals surface area contributed by atoms with Crippen LogP contribution in [0.5, 0.6) is 5.75 Å². The van der Waals surface area contributed by atoms with Gasteiger partial charge in [-0.1, -0.05) is 41.9 Å². The van der Waals surface area contributed by atoms with Crippen LogP contribution in [0.1, 0.15) is 16.8 Å². The Morgan fingerprint density at radius 1 is 1.09 bits per heavy atom. The molecule has 1 heterocycles. The van der Waals surface area contributed by atoms with E-state index in [0.29, 0.717) is 11.6 Å². The van der Waals surface area contributed by atoms with Crippen LogP contribution >= 0.6 is 11.6 Å². The van der Waals surface area contributed by atoms with E-state index in [1.165, 1.54) is 4.90 Å². The summed E-state index contributed by atoms with van der Waals surface area (Å²) in [5, 5.41) is 9.84. The van der Waals surface area contributed by atoms with Crippen molar-refractivity contribution >= 4 is 33.2 Å². The minimum absolute atomic E-state index is 0.0549. The number of aromatic hydroxyl groups is 1. The predicted octanol–water partition coefficient (Wildman–Crippen LogP) is 4.98. The molecule has 0 radical (unpaired) electrons. The van der Waals surface area contributed by atoms with E-state index in [2.05, 4.69) is 0 Å². The van der Waals surface area contributed by atoms with Gasteiger partial charge in [0, 0.05) is 23.7 Å². The highest BCUT2D eigenvalue weighted by atomic mass is 35.5. The fourth-order valence-corrected chi connectivity index (χ4v) is 5.13. The Labute approximate surface area is 198 Å². The van der Waals surface area contributed by atoms with Gasteiger partial charge in [-0.3, -0.25) is 9.52 Å². The molecule has 1 amide bonds. The molecule has 0 bridgehead atoms. The molecule has 0 aromatic heterocycles. The zero-order chi connectivity index (χ0) is 24.6. The maximum absolute atomic E-state index is 14.5. The predicted molar refractivity (Wildman–Crippen MR) is 121 cm³/mol. The zero-order valence-corrected chi connectivity index (χ0v) is 19.0. The number of hydrogen-bond acceptors (Lipinski definition) is 4. The molecule has 1 fully saturated rings. The van der Waals surface area contributed by atoms with Crippen LogP contribution in [0.15, 0.2) is 59.5 Å². The SMILES string of the molecule is O=C(c1cc(Cl)c(O)c(S(=O)(=O)Nc2cc(-c3ccccc3)c(F)cc2F)c1)N1CC[C@@H](F)C1. The number of phenolic OH excluding ortho intramolecular Hbond substituents is 1. The minimum Gasteiger partial charge on any atom is -0.505 e. The number of carbonyl (C=O) groups is 1. The molecular formula is C23H18ClF3N2O4S. The normalized spacial score (nSPS) is 16.0. The van der Waals surface area contributed by atoms with Crippen LogP contribution in [0.3, 0.4) is 0 Å². The van der Waals surface area contributed by atoms with Crippen molar-refractivity contribution < 1.29 is 31.5 Å². The molecule has 2 N–H and O–H groups in total. The molecule has 0 aliphatic carbocycles. The van der Waals surface area contributed by atoms with Crippen LogP contribution in [0.2, 0.25) is 5.02 Å². The van der Waals surface area contributed by atoms with Crippen molar-refractivity contribution in [1.29, 1.82) is 0 Å². The largest absolute Gasteiger partial charge is 0.505 e. The second kappa shape index (κ2) is 9.19. The number of rotatable bonds is 5. The fourth-order valence-electron chi connectivity index (χ4n) is 3.65. The summed E-state index contributed by atoms with van der Waals surface area (Å²) in [6, 6.07) is 11.6. The average molecular weight is 511 g/mol. The van der Waals surface area contributed by atoms with Crippen molar-refractivity contribution in [3.8, 4) is 16.9 Å². The molecule has 11 heteroatoms. The zero-order valence-electron chi connectivity index (χ0n) is 17.4. The number of halogens is 4. The molecule has 34 heavy (non-hydrogen) atoms. The van der Waals surface area contributed by atoms with Crippen molar-refractivity contribution in [2.24, 2.45) is 0 Å². The highest BCUT2D eigenvalue weighted by molar-refractivity contribution is 7.92. The number of anilines is 1. The van der Waals surface area contributed by atoms with Crippen LogP contribution in [-0.4, -0.2) is 43.6 Å². The summed E-state index contributed by atoms with van der Waals surface area (Å²) in [6.07, 6.45) is -1.04. The first-order chi connectivity index (χ1) is 16.1. The first kappa shape index (κ1) is 23.9. The number of amides is 1. The number of benzene rings is 3. The highest BCUT2D eigenvalue weighted by Crippen LogP contribution is 2.35. The molecule has 0 spiro atoms. The molecule has 1 atom stereocenters. The lowest BCUT2D eigenvalue weighted by Gasteiger charge is -2.17. The Bertz CT molecular complexity index is 1370. The molecule has 1 aliphatic heterocycles. The lowest BCUT2D eigenvalue weighted by atomic mass is 10.0. The van der Waals surface area contributed by atoms with E-state index >= 15 is 0 Å². The Morgan fingerprint density at radius 3 is 2.44 bits per heavy atom. The third-order valence-electron chi connectivity index (χ3n) is 5.37. The van der Waals surface area contributed by atoms with Gasteiger partial charge in [0.1, 0.15) is 22.7 Å². The van der Waals surface area contributed by atoms with Crippen molar-refractivity contribution in [3.05, 3.63) is 76.8 Å². The molecule has 3 aromatic carbocycles. The van der Waals surface area contributed by atoms with Gasteiger partial charge in [0.25, 0.3) is 15.9 Å². The second-order valence-electron chi connectivity index (χ2n) is 7.73. The van der Waals surface area contributed by atoms with Gasteiger partial charge < -0.3 is 10.0 Å². The standard InChI is InChI=1S/C23H18ClF3N2O4S/c24-17-8-14(23(31)29-7-6-15(25)12-29)9-21(22(17)30)34(32,33)28-20-10-16(18(26)11-19(20)27)13-4-2-1-3-5-13/h1-5,8-11,15,28,30H,6-7,12H2/t15-/m1/s1. The van der Waals surface area contributed by atoms with Gasteiger partial charge in [-0.05, 0) is 30.2 Å². The monoisotopic (exact) mass is 510 g/mol. The maximum atomic E-state index is 14.5. The number of alkyl halides is 1. The minimum atomic E-state index is -4.68. The summed E-state index contributed by atoms with van der Waals surface area (Å²) in [5.41, 5.74) is -0.439. The van der Waals surface area contributed by atoms with Crippen LogP contribution in [-0.2, 0) is 10.0 Å². The van der Waals surface area contributed by atoms with E-state index < -0.39 is 55.1 Å². The molecule has 178 valence electrons. The summed E-state index contributed by atoms with van der Waals surface area (Å²) in [6.45, 7) is -0.0113. The van der Waals surface area contributed by atoms with E-state index in [-0.39, 0.29) is 30.6 Å². The van der Waals surface area contributed by atoms with Crippen LogP contribution in [0, 0.1) is 11.6 Å². The Hall–Kier alpha value is -3.24. The first-order valence-electron chi connectivity index (χ1n) is 10.1. The molecular weight excluding hydrogens is 493 g/mol.